The number of aryl methyl sites for hydroxylation is 1. The number of carbonyl (C=O) groups is 2. The summed E-state index contributed by atoms with van der Waals surface area (Å²) in [5, 5.41) is 10.1. The number of hydrogen-bond acceptors (Lipinski definition) is 5. The van der Waals surface area contributed by atoms with E-state index in [0.717, 1.165) is 29.9 Å². The smallest absolute Gasteiger partial charge is 0.378 e. The standard InChI is InChI=1S/C15H18O5/c1-8-6-13(19-4)9(2)10(3)14(8)11(16)7-12(17)15(18)20-5/h6-7,16H,1-5H3/b11-7+. The Bertz CT molecular complexity index is 584. The summed E-state index contributed by atoms with van der Waals surface area (Å²) in [4.78, 5) is 22.5. The van der Waals surface area contributed by atoms with Crippen molar-refractivity contribution in [3.63, 3.8) is 0 Å². The van der Waals surface area contributed by atoms with E-state index >= 15 is 0 Å². The van der Waals surface area contributed by atoms with Crippen LogP contribution in [0.3, 0.4) is 0 Å². The second kappa shape index (κ2) is 6.23. The minimum absolute atomic E-state index is 0.263. The van der Waals surface area contributed by atoms with Gasteiger partial charge in [-0.1, -0.05) is 0 Å². The lowest BCUT2D eigenvalue weighted by Crippen LogP contribution is -2.13. The Morgan fingerprint density at radius 3 is 2.25 bits per heavy atom. The average Bonchev–Trinajstić information content (AvgIpc) is 2.41. The van der Waals surface area contributed by atoms with Crippen LogP contribution in [0.2, 0.25) is 0 Å². The van der Waals surface area contributed by atoms with Gasteiger partial charge in [0.1, 0.15) is 11.5 Å². The molecule has 0 saturated heterocycles. The minimum Gasteiger partial charge on any atom is -0.507 e. The molecule has 0 saturated carbocycles. The number of esters is 1. The lowest BCUT2D eigenvalue weighted by Gasteiger charge is -2.15. The number of aliphatic hydroxyl groups excluding tert-OH is 1. The first kappa shape index (κ1) is 15.8. The summed E-state index contributed by atoms with van der Waals surface area (Å²) < 4.78 is 9.54. The normalized spacial score (nSPS) is 11.2. The van der Waals surface area contributed by atoms with Crippen molar-refractivity contribution in [2.75, 3.05) is 14.2 Å². The monoisotopic (exact) mass is 278 g/mol. The molecule has 1 aromatic carbocycles. The minimum atomic E-state index is -1.02. The zero-order chi connectivity index (χ0) is 15.4. The fraction of sp³-hybridized carbons (Fsp3) is 0.333. The van der Waals surface area contributed by atoms with Gasteiger partial charge in [-0.05, 0) is 43.5 Å². The Labute approximate surface area is 117 Å². The molecule has 1 N–H and O–H groups in total. The van der Waals surface area contributed by atoms with Gasteiger partial charge in [0.25, 0.3) is 5.78 Å². The first-order chi connectivity index (χ1) is 9.33. The van der Waals surface area contributed by atoms with Crippen molar-refractivity contribution in [2.45, 2.75) is 20.8 Å². The largest absolute Gasteiger partial charge is 0.507 e. The number of methoxy groups -OCH3 is 2. The molecule has 0 heterocycles. The number of rotatable bonds is 4. The average molecular weight is 278 g/mol. The van der Waals surface area contributed by atoms with E-state index in [1.807, 2.05) is 13.8 Å². The van der Waals surface area contributed by atoms with Gasteiger partial charge < -0.3 is 14.6 Å². The summed E-state index contributed by atoms with van der Waals surface area (Å²) in [6, 6.07) is 1.77. The van der Waals surface area contributed by atoms with Gasteiger partial charge in [0.05, 0.1) is 14.2 Å². The van der Waals surface area contributed by atoms with Gasteiger partial charge in [-0.25, -0.2) is 4.79 Å². The second-order valence-corrected chi connectivity index (χ2v) is 4.41. The number of carbonyl (C=O) groups excluding carboxylic acids is 2. The van der Waals surface area contributed by atoms with Crippen molar-refractivity contribution in [2.24, 2.45) is 0 Å². The molecule has 0 amide bonds. The van der Waals surface area contributed by atoms with Gasteiger partial charge in [0.2, 0.25) is 0 Å². The van der Waals surface area contributed by atoms with Gasteiger partial charge in [0.15, 0.2) is 0 Å². The molecule has 0 aliphatic carbocycles. The fourth-order valence-electron chi connectivity index (χ4n) is 2.01. The number of ether oxygens (including phenoxy) is 2. The van der Waals surface area contributed by atoms with Crippen LogP contribution in [0.5, 0.6) is 5.75 Å². The molecule has 0 atom stereocenters. The van der Waals surface area contributed by atoms with E-state index in [2.05, 4.69) is 4.74 Å². The molecule has 1 rings (SSSR count). The number of benzene rings is 1. The molecule has 0 spiro atoms. The van der Waals surface area contributed by atoms with Crippen LogP contribution >= 0.6 is 0 Å². The lowest BCUT2D eigenvalue weighted by molar-refractivity contribution is -0.149. The van der Waals surface area contributed by atoms with Crippen LogP contribution in [0, 0.1) is 20.8 Å². The summed E-state index contributed by atoms with van der Waals surface area (Å²) >= 11 is 0. The van der Waals surface area contributed by atoms with Crippen molar-refractivity contribution >= 4 is 17.5 Å². The summed E-state index contributed by atoms with van der Waals surface area (Å²) in [5.74, 6) is -1.48. The van der Waals surface area contributed by atoms with Gasteiger partial charge in [-0.15, -0.1) is 0 Å². The molecule has 0 radical (unpaired) electrons. The number of hydrogen-bond donors (Lipinski definition) is 1. The van der Waals surface area contributed by atoms with E-state index in [-0.39, 0.29) is 5.76 Å². The third kappa shape index (κ3) is 2.99. The Morgan fingerprint density at radius 1 is 1.15 bits per heavy atom. The Hall–Kier alpha value is -2.30. The summed E-state index contributed by atoms with van der Waals surface area (Å²) in [7, 11) is 2.68. The first-order valence-corrected chi connectivity index (χ1v) is 6.01. The highest BCUT2D eigenvalue weighted by atomic mass is 16.5. The van der Waals surface area contributed by atoms with Gasteiger partial charge >= 0.3 is 5.97 Å². The Balaban J connectivity index is 3.34. The van der Waals surface area contributed by atoms with Crippen molar-refractivity contribution in [3.8, 4) is 5.75 Å². The van der Waals surface area contributed by atoms with Gasteiger partial charge in [-0.2, -0.15) is 0 Å². The van der Waals surface area contributed by atoms with Gasteiger partial charge in [-0.3, -0.25) is 4.79 Å². The van der Waals surface area contributed by atoms with Crippen LogP contribution in [0.1, 0.15) is 22.3 Å². The van der Waals surface area contributed by atoms with E-state index in [4.69, 9.17) is 4.74 Å². The third-order valence-corrected chi connectivity index (χ3v) is 3.18. The maximum Gasteiger partial charge on any atom is 0.378 e. The van der Waals surface area contributed by atoms with Gasteiger partial charge in [0, 0.05) is 11.6 Å². The predicted octanol–water partition coefficient (Wildman–Crippen LogP) is 2.26. The molecule has 5 heteroatoms. The van der Waals surface area contributed by atoms with Crippen LogP contribution in [0.4, 0.5) is 0 Å². The highest BCUT2D eigenvalue weighted by molar-refractivity contribution is 6.39. The molecular weight excluding hydrogens is 260 g/mol. The van der Waals surface area contributed by atoms with Crippen molar-refractivity contribution < 1.29 is 24.2 Å². The zero-order valence-corrected chi connectivity index (χ0v) is 12.2. The molecule has 0 aliphatic heterocycles. The van der Waals surface area contributed by atoms with Crippen molar-refractivity contribution in [3.05, 3.63) is 34.4 Å². The lowest BCUT2D eigenvalue weighted by atomic mass is 9.95. The molecule has 5 nitrogen and oxygen atoms in total. The molecule has 1 aromatic rings. The van der Waals surface area contributed by atoms with Crippen LogP contribution in [0.15, 0.2) is 12.1 Å². The molecule has 0 unspecified atom stereocenters. The van der Waals surface area contributed by atoms with E-state index in [1.54, 1.807) is 20.1 Å². The van der Waals surface area contributed by atoms with Crippen LogP contribution in [0.25, 0.3) is 5.76 Å². The van der Waals surface area contributed by atoms with Crippen molar-refractivity contribution in [1.29, 1.82) is 0 Å². The first-order valence-electron chi connectivity index (χ1n) is 6.01. The number of aliphatic hydroxyl groups is 1. The van der Waals surface area contributed by atoms with E-state index in [9.17, 15) is 14.7 Å². The highest BCUT2D eigenvalue weighted by Gasteiger charge is 2.17. The summed E-state index contributed by atoms with van der Waals surface area (Å²) in [5.41, 5.74) is 2.91. The molecule has 108 valence electrons. The van der Waals surface area contributed by atoms with E-state index in [1.165, 1.54) is 0 Å². The van der Waals surface area contributed by atoms with E-state index in [0.29, 0.717) is 11.3 Å². The SMILES string of the molecule is COC(=O)C(=O)/C=C(/O)c1c(C)cc(OC)c(C)c1C. The Morgan fingerprint density at radius 2 is 1.75 bits per heavy atom. The zero-order valence-electron chi connectivity index (χ0n) is 12.2. The van der Waals surface area contributed by atoms with Crippen LogP contribution in [-0.2, 0) is 14.3 Å². The molecule has 0 fully saturated rings. The predicted molar refractivity (Wildman–Crippen MR) is 74.8 cm³/mol. The third-order valence-electron chi connectivity index (χ3n) is 3.18. The quantitative estimate of drug-likeness (QED) is 0.396. The van der Waals surface area contributed by atoms with E-state index < -0.39 is 11.8 Å². The highest BCUT2D eigenvalue weighted by Crippen LogP contribution is 2.30. The van der Waals surface area contributed by atoms with Crippen molar-refractivity contribution in [1.82, 2.24) is 0 Å². The molecule has 0 aromatic heterocycles. The second-order valence-electron chi connectivity index (χ2n) is 4.41. The maximum atomic E-state index is 11.5. The molecule has 0 aliphatic rings. The molecule has 0 bridgehead atoms. The molecular formula is C15H18O5. The maximum absolute atomic E-state index is 11.5. The van der Waals surface area contributed by atoms with Crippen LogP contribution in [-0.4, -0.2) is 31.1 Å². The topological polar surface area (TPSA) is 72.8 Å². The number of ketones is 1. The summed E-state index contributed by atoms with van der Waals surface area (Å²) in [6.45, 7) is 5.45. The summed E-state index contributed by atoms with van der Waals surface area (Å²) in [6.07, 6.45) is 0.868. The van der Waals surface area contributed by atoms with Crippen LogP contribution < -0.4 is 4.74 Å². The fourth-order valence-corrected chi connectivity index (χ4v) is 2.01. The Kier molecular flexibility index (Phi) is 4.91. The molecule has 20 heavy (non-hydrogen) atoms.